The van der Waals surface area contributed by atoms with Crippen LogP contribution in [0.3, 0.4) is 0 Å². The van der Waals surface area contributed by atoms with Crippen LogP contribution in [0.5, 0.6) is 5.75 Å². The van der Waals surface area contributed by atoms with E-state index in [-0.39, 0.29) is 23.2 Å². The third-order valence-corrected chi connectivity index (χ3v) is 5.68. The summed E-state index contributed by atoms with van der Waals surface area (Å²) in [5.74, 6) is 1.36. The molecule has 2 aliphatic rings. The number of hydrogen-bond donors (Lipinski definition) is 0. The molecular weight excluding hydrogens is 333 g/mol. The van der Waals surface area contributed by atoms with Gasteiger partial charge in [0.2, 0.25) is 5.91 Å². The maximum Gasteiger partial charge on any atom is 0.225 e. The third-order valence-electron chi connectivity index (χ3n) is 5.68. The number of amides is 1. The highest BCUT2D eigenvalue weighted by molar-refractivity contribution is 5.78. The average molecular weight is 363 g/mol. The standard InChI is InChI=1S/C21H30FNO3/c1-16(2)20(24)23-11-9-21(10-12-23)15-17(8-14-26-21)7-13-25-19-5-3-18(22)4-6-19/h3-6,16-17H,7-15H2,1-2H3. The number of nitrogens with zero attached hydrogens (tertiary/aromatic N) is 1. The molecule has 26 heavy (non-hydrogen) atoms. The predicted molar refractivity (Wildman–Crippen MR) is 98.6 cm³/mol. The molecule has 1 aromatic carbocycles. The number of halogens is 1. The van der Waals surface area contributed by atoms with Crippen LogP contribution >= 0.6 is 0 Å². The maximum absolute atomic E-state index is 12.9. The van der Waals surface area contributed by atoms with Crippen molar-refractivity contribution < 1.29 is 18.7 Å². The smallest absolute Gasteiger partial charge is 0.225 e. The number of carbonyl (C=O) groups is 1. The lowest BCUT2D eigenvalue weighted by atomic mass is 9.78. The Kier molecular flexibility index (Phi) is 6.17. The van der Waals surface area contributed by atoms with Crippen LogP contribution in [0.4, 0.5) is 4.39 Å². The first-order valence-corrected chi connectivity index (χ1v) is 9.78. The monoisotopic (exact) mass is 363 g/mol. The highest BCUT2D eigenvalue weighted by Gasteiger charge is 2.41. The Balaban J connectivity index is 1.45. The number of carbonyl (C=O) groups excluding carboxylic acids is 1. The molecule has 2 heterocycles. The average Bonchev–Trinajstić information content (AvgIpc) is 2.64. The van der Waals surface area contributed by atoms with Crippen molar-refractivity contribution in [3.8, 4) is 5.75 Å². The molecule has 2 saturated heterocycles. The van der Waals surface area contributed by atoms with E-state index in [2.05, 4.69) is 0 Å². The van der Waals surface area contributed by atoms with Gasteiger partial charge in [-0.3, -0.25) is 4.79 Å². The first-order valence-electron chi connectivity index (χ1n) is 9.78. The molecule has 144 valence electrons. The summed E-state index contributed by atoms with van der Waals surface area (Å²) in [6, 6.07) is 6.18. The fourth-order valence-electron chi connectivity index (χ4n) is 4.10. The molecule has 1 amide bonds. The second kappa shape index (κ2) is 8.38. The summed E-state index contributed by atoms with van der Waals surface area (Å²) in [6.45, 7) is 6.96. The van der Waals surface area contributed by atoms with Crippen LogP contribution in [0.2, 0.25) is 0 Å². The van der Waals surface area contributed by atoms with Gasteiger partial charge < -0.3 is 14.4 Å². The van der Waals surface area contributed by atoms with Crippen LogP contribution in [0.1, 0.15) is 46.0 Å². The van der Waals surface area contributed by atoms with Gasteiger partial charge in [0, 0.05) is 25.6 Å². The minimum Gasteiger partial charge on any atom is -0.494 e. The topological polar surface area (TPSA) is 38.8 Å². The minimum atomic E-state index is -0.244. The fourth-order valence-corrected chi connectivity index (χ4v) is 4.10. The second-order valence-electron chi connectivity index (χ2n) is 7.96. The first kappa shape index (κ1) is 19.2. The van der Waals surface area contributed by atoms with Crippen LogP contribution in [-0.4, -0.2) is 42.7 Å². The van der Waals surface area contributed by atoms with Crippen LogP contribution < -0.4 is 4.74 Å². The third kappa shape index (κ3) is 4.76. The molecule has 0 saturated carbocycles. The minimum absolute atomic E-state index is 0.0627. The summed E-state index contributed by atoms with van der Waals surface area (Å²) in [5.41, 5.74) is -0.0629. The van der Waals surface area contributed by atoms with E-state index in [0.717, 1.165) is 51.8 Å². The van der Waals surface area contributed by atoms with Crippen molar-refractivity contribution in [1.82, 2.24) is 4.90 Å². The Bertz CT molecular complexity index is 594. The van der Waals surface area contributed by atoms with Crippen molar-refractivity contribution in [2.24, 2.45) is 11.8 Å². The maximum atomic E-state index is 12.9. The summed E-state index contributed by atoms with van der Waals surface area (Å²) < 4.78 is 24.9. The van der Waals surface area contributed by atoms with Crippen LogP contribution in [-0.2, 0) is 9.53 Å². The number of ether oxygens (including phenoxy) is 2. The summed E-state index contributed by atoms with van der Waals surface area (Å²) in [4.78, 5) is 14.2. The van der Waals surface area contributed by atoms with Gasteiger partial charge in [-0.05, 0) is 62.3 Å². The molecule has 0 radical (unpaired) electrons. The van der Waals surface area contributed by atoms with E-state index in [1.807, 2.05) is 18.7 Å². The quantitative estimate of drug-likeness (QED) is 0.793. The van der Waals surface area contributed by atoms with Crippen molar-refractivity contribution in [2.45, 2.75) is 51.6 Å². The van der Waals surface area contributed by atoms with E-state index in [9.17, 15) is 9.18 Å². The summed E-state index contributed by atoms with van der Waals surface area (Å²) >= 11 is 0. The van der Waals surface area contributed by atoms with Gasteiger partial charge in [-0.2, -0.15) is 0 Å². The molecule has 0 aromatic heterocycles. The van der Waals surface area contributed by atoms with Crippen molar-refractivity contribution in [3.05, 3.63) is 30.1 Å². The molecule has 3 rings (SSSR count). The molecular formula is C21H30FNO3. The second-order valence-corrected chi connectivity index (χ2v) is 7.96. The normalized spacial score (nSPS) is 22.6. The number of rotatable bonds is 5. The zero-order chi connectivity index (χ0) is 18.6. The molecule has 1 atom stereocenters. The lowest BCUT2D eigenvalue weighted by Gasteiger charge is -2.46. The molecule has 0 bridgehead atoms. The molecule has 4 nitrogen and oxygen atoms in total. The molecule has 0 N–H and O–H groups in total. The summed E-state index contributed by atoms with van der Waals surface area (Å²) in [7, 11) is 0. The molecule has 2 aliphatic heterocycles. The van der Waals surface area contributed by atoms with Gasteiger partial charge in [0.1, 0.15) is 11.6 Å². The van der Waals surface area contributed by atoms with Gasteiger partial charge in [-0.15, -0.1) is 0 Å². The van der Waals surface area contributed by atoms with E-state index < -0.39 is 0 Å². The lowest BCUT2D eigenvalue weighted by molar-refractivity contribution is -0.150. The zero-order valence-corrected chi connectivity index (χ0v) is 15.9. The number of hydrogen-bond acceptors (Lipinski definition) is 3. The molecule has 5 heteroatoms. The van der Waals surface area contributed by atoms with Crippen molar-refractivity contribution in [2.75, 3.05) is 26.3 Å². The Morgan fingerprint density at radius 1 is 1.31 bits per heavy atom. The summed E-state index contributed by atoms with van der Waals surface area (Å²) in [5, 5.41) is 0. The van der Waals surface area contributed by atoms with Gasteiger partial charge >= 0.3 is 0 Å². The molecule has 1 unspecified atom stereocenters. The van der Waals surface area contributed by atoms with Crippen molar-refractivity contribution in [3.63, 3.8) is 0 Å². The van der Waals surface area contributed by atoms with Crippen LogP contribution in [0.25, 0.3) is 0 Å². The molecule has 1 spiro atoms. The first-order chi connectivity index (χ1) is 12.5. The Morgan fingerprint density at radius 3 is 2.65 bits per heavy atom. The fraction of sp³-hybridized carbons (Fsp3) is 0.667. The Morgan fingerprint density at radius 2 is 2.00 bits per heavy atom. The van der Waals surface area contributed by atoms with Gasteiger partial charge in [-0.1, -0.05) is 13.8 Å². The predicted octanol–water partition coefficient (Wildman–Crippen LogP) is 4.04. The van der Waals surface area contributed by atoms with Crippen LogP contribution in [0.15, 0.2) is 24.3 Å². The van der Waals surface area contributed by atoms with E-state index in [4.69, 9.17) is 9.47 Å². The SMILES string of the molecule is CC(C)C(=O)N1CCC2(CC1)CC(CCOc1ccc(F)cc1)CCO2. The molecule has 1 aromatic rings. The van der Waals surface area contributed by atoms with Gasteiger partial charge in [0.05, 0.1) is 12.2 Å². The van der Waals surface area contributed by atoms with Crippen molar-refractivity contribution in [1.29, 1.82) is 0 Å². The highest BCUT2D eigenvalue weighted by Crippen LogP contribution is 2.39. The lowest BCUT2D eigenvalue weighted by Crippen LogP contribution is -2.51. The van der Waals surface area contributed by atoms with Gasteiger partial charge in [0.15, 0.2) is 0 Å². The van der Waals surface area contributed by atoms with Crippen molar-refractivity contribution >= 4 is 5.91 Å². The number of likely N-dealkylation sites (tertiary alicyclic amines) is 1. The molecule has 0 aliphatic carbocycles. The Hall–Kier alpha value is -1.62. The summed E-state index contributed by atoms with van der Waals surface area (Å²) in [6.07, 6.45) is 4.95. The van der Waals surface area contributed by atoms with E-state index in [1.54, 1.807) is 12.1 Å². The number of piperidine rings is 1. The Labute approximate surface area is 155 Å². The van der Waals surface area contributed by atoms with E-state index in [0.29, 0.717) is 18.3 Å². The van der Waals surface area contributed by atoms with Crippen LogP contribution in [0, 0.1) is 17.7 Å². The largest absolute Gasteiger partial charge is 0.494 e. The van der Waals surface area contributed by atoms with Gasteiger partial charge in [0.25, 0.3) is 0 Å². The van der Waals surface area contributed by atoms with E-state index >= 15 is 0 Å². The zero-order valence-electron chi connectivity index (χ0n) is 15.9. The highest BCUT2D eigenvalue weighted by atomic mass is 19.1. The molecule has 2 fully saturated rings. The van der Waals surface area contributed by atoms with Gasteiger partial charge in [-0.25, -0.2) is 4.39 Å². The van der Waals surface area contributed by atoms with E-state index in [1.165, 1.54) is 12.1 Å². The number of benzene rings is 1.